The highest BCUT2D eigenvalue weighted by Crippen LogP contribution is 2.25. The Balaban J connectivity index is 1.70. The molecule has 2 aromatic rings. The molecule has 0 radical (unpaired) electrons. The fraction of sp³-hybridized carbons (Fsp3) is 0.154. The maximum atomic E-state index is 12.1. The summed E-state index contributed by atoms with van der Waals surface area (Å²) in [5.74, 6) is 0.0497. The summed E-state index contributed by atoms with van der Waals surface area (Å²) in [6.07, 6.45) is 2.16. The molecule has 1 aliphatic rings. The first-order valence-electron chi connectivity index (χ1n) is 5.86. The molecule has 1 atom stereocenters. The average molecular weight is 275 g/mol. The van der Waals surface area contributed by atoms with Crippen molar-refractivity contribution in [2.75, 3.05) is 10.6 Å². The number of rotatable bonds is 2. The van der Waals surface area contributed by atoms with E-state index in [2.05, 4.69) is 20.6 Å². The van der Waals surface area contributed by atoms with Crippen LogP contribution in [-0.2, 0) is 11.2 Å². The fourth-order valence-electron chi connectivity index (χ4n) is 2.05. The smallest absolute Gasteiger partial charge is 0.249 e. The topological polar surface area (TPSA) is 66.9 Å². The largest absolute Gasteiger partial charge is 0.373 e. The van der Waals surface area contributed by atoms with Crippen LogP contribution in [-0.4, -0.2) is 21.9 Å². The molecule has 0 saturated carbocycles. The minimum atomic E-state index is -0.306. The lowest BCUT2D eigenvalue weighted by atomic mass is 10.1. The standard InChI is InChI=1S/C13H11ClN4O/c14-11-5-6-15-13(17-11)18-12(19)10-7-8-3-1-2-4-9(8)16-10/h1-6,10,16H,7H2,(H,15,17,18,19). The first-order chi connectivity index (χ1) is 9.22. The number of benzene rings is 1. The van der Waals surface area contributed by atoms with Gasteiger partial charge in [0, 0.05) is 18.3 Å². The van der Waals surface area contributed by atoms with E-state index < -0.39 is 0 Å². The number of hydrogen-bond acceptors (Lipinski definition) is 4. The number of para-hydroxylation sites is 1. The van der Waals surface area contributed by atoms with Gasteiger partial charge >= 0.3 is 0 Å². The van der Waals surface area contributed by atoms with E-state index in [1.807, 2.05) is 24.3 Å². The van der Waals surface area contributed by atoms with Crippen LogP contribution < -0.4 is 10.6 Å². The van der Waals surface area contributed by atoms with Crippen molar-refractivity contribution in [3.8, 4) is 0 Å². The Morgan fingerprint density at radius 3 is 3.00 bits per heavy atom. The quantitative estimate of drug-likeness (QED) is 0.823. The van der Waals surface area contributed by atoms with Gasteiger partial charge in [0.2, 0.25) is 11.9 Å². The van der Waals surface area contributed by atoms with Crippen molar-refractivity contribution in [1.82, 2.24) is 9.97 Å². The predicted octanol–water partition coefficient (Wildman–Crippen LogP) is 2.11. The maximum absolute atomic E-state index is 12.1. The molecule has 0 bridgehead atoms. The van der Waals surface area contributed by atoms with E-state index in [9.17, 15) is 4.79 Å². The van der Waals surface area contributed by atoms with E-state index in [1.54, 1.807) is 6.07 Å². The number of aromatic nitrogens is 2. The molecule has 3 rings (SSSR count). The Morgan fingerprint density at radius 1 is 1.37 bits per heavy atom. The van der Waals surface area contributed by atoms with Crippen LogP contribution in [0.5, 0.6) is 0 Å². The Bertz CT molecular complexity index is 607. The maximum Gasteiger partial charge on any atom is 0.249 e. The zero-order valence-corrected chi connectivity index (χ0v) is 10.7. The van der Waals surface area contributed by atoms with Crippen LogP contribution in [0, 0.1) is 0 Å². The van der Waals surface area contributed by atoms with Gasteiger partial charge in [0.15, 0.2) is 0 Å². The van der Waals surface area contributed by atoms with Gasteiger partial charge in [0.25, 0.3) is 0 Å². The molecule has 19 heavy (non-hydrogen) atoms. The summed E-state index contributed by atoms with van der Waals surface area (Å²) in [5.41, 5.74) is 2.13. The summed E-state index contributed by atoms with van der Waals surface area (Å²) in [6.45, 7) is 0. The average Bonchev–Trinajstić information content (AvgIpc) is 2.82. The molecule has 0 saturated heterocycles. The van der Waals surface area contributed by atoms with Crippen molar-refractivity contribution < 1.29 is 4.79 Å². The van der Waals surface area contributed by atoms with Crippen LogP contribution >= 0.6 is 11.6 Å². The van der Waals surface area contributed by atoms with Crippen molar-refractivity contribution in [2.24, 2.45) is 0 Å². The number of hydrogen-bond donors (Lipinski definition) is 2. The normalized spacial score (nSPS) is 16.6. The first-order valence-corrected chi connectivity index (χ1v) is 6.24. The van der Waals surface area contributed by atoms with E-state index in [4.69, 9.17) is 11.6 Å². The second kappa shape index (κ2) is 4.85. The van der Waals surface area contributed by atoms with Gasteiger partial charge in [-0.1, -0.05) is 29.8 Å². The summed E-state index contributed by atoms with van der Waals surface area (Å²) in [7, 11) is 0. The van der Waals surface area contributed by atoms with Gasteiger partial charge in [-0.2, -0.15) is 0 Å². The molecular weight excluding hydrogens is 264 g/mol. The van der Waals surface area contributed by atoms with E-state index in [1.165, 1.54) is 6.20 Å². The third-order valence-corrected chi connectivity index (χ3v) is 3.15. The molecule has 0 spiro atoms. The Hall–Kier alpha value is -2.14. The molecule has 2 N–H and O–H groups in total. The second-order valence-electron chi connectivity index (χ2n) is 4.25. The van der Waals surface area contributed by atoms with Crippen molar-refractivity contribution in [2.45, 2.75) is 12.5 Å². The molecule has 2 heterocycles. The van der Waals surface area contributed by atoms with Crippen LogP contribution in [0.15, 0.2) is 36.5 Å². The number of anilines is 2. The van der Waals surface area contributed by atoms with Gasteiger partial charge in [0.05, 0.1) is 0 Å². The fourth-order valence-corrected chi connectivity index (χ4v) is 2.19. The zero-order chi connectivity index (χ0) is 13.2. The number of nitrogens with zero attached hydrogens (tertiary/aromatic N) is 2. The number of carbonyl (C=O) groups is 1. The van der Waals surface area contributed by atoms with Gasteiger partial charge in [-0.25, -0.2) is 9.97 Å². The highest BCUT2D eigenvalue weighted by Gasteiger charge is 2.26. The molecule has 1 aromatic carbocycles. The number of fused-ring (bicyclic) bond motifs is 1. The number of nitrogens with one attached hydrogen (secondary N) is 2. The zero-order valence-electron chi connectivity index (χ0n) is 9.93. The first kappa shape index (κ1) is 11.9. The second-order valence-corrected chi connectivity index (χ2v) is 4.64. The summed E-state index contributed by atoms with van der Waals surface area (Å²) in [5, 5.41) is 6.12. The highest BCUT2D eigenvalue weighted by atomic mass is 35.5. The molecule has 0 fully saturated rings. The van der Waals surface area contributed by atoms with Gasteiger partial charge in [-0.05, 0) is 17.7 Å². The molecule has 1 unspecified atom stereocenters. The number of amides is 1. The van der Waals surface area contributed by atoms with E-state index in [0.29, 0.717) is 11.6 Å². The van der Waals surface area contributed by atoms with Crippen LogP contribution in [0.25, 0.3) is 0 Å². The van der Waals surface area contributed by atoms with Gasteiger partial charge in [-0.3, -0.25) is 10.1 Å². The molecule has 6 heteroatoms. The summed E-state index contributed by atoms with van der Waals surface area (Å²) >= 11 is 5.74. The van der Waals surface area contributed by atoms with Crippen LogP contribution in [0.3, 0.4) is 0 Å². The lowest BCUT2D eigenvalue weighted by molar-refractivity contribution is -0.116. The van der Waals surface area contributed by atoms with Crippen molar-refractivity contribution in [3.05, 3.63) is 47.2 Å². The lowest BCUT2D eigenvalue weighted by Gasteiger charge is -2.10. The van der Waals surface area contributed by atoms with Crippen molar-refractivity contribution >= 4 is 29.1 Å². The van der Waals surface area contributed by atoms with Gasteiger partial charge in [0.1, 0.15) is 11.2 Å². The van der Waals surface area contributed by atoms with Gasteiger partial charge in [-0.15, -0.1) is 0 Å². The highest BCUT2D eigenvalue weighted by molar-refractivity contribution is 6.29. The Morgan fingerprint density at radius 2 is 2.21 bits per heavy atom. The molecule has 96 valence electrons. The predicted molar refractivity (Wildman–Crippen MR) is 73.2 cm³/mol. The van der Waals surface area contributed by atoms with Crippen LogP contribution in [0.4, 0.5) is 11.6 Å². The lowest BCUT2D eigenvalue weighted by Crippen LogP contribution is -2.33. The molecule has 1 aliphatic heterocycles. The number of carbonyl (C=O) groups excluding carboxylic acids is 1. The monoisotopic (exact) mass is 274 g/mol. The van der Waals surface area contributed by atoms with E-state index in [-0.39, 0.29) is 17.9 Å². The molecule has 5 nitrogen and oxygen atoms in total. The molecule has 0 aliphatic carbocycles. The number of halogens is 1. The van der Waals surface area contributed by atoms with Gasteiger partial charge < -0.3 is 5.32 Å². The third kappa shape index (κ3) is 2.51. The van der Waals surface area contributed by atoms with E-state index >= 15 is 0 Å². The molecule has 1 aromatic heterocycles. The van der Waals surface area contributed by atoms with Crippen molar-refractivity contribution in [1.29, 1.82) is 0 Å². The summed E-state index contributed by atoms with van der Waals surface area (Å²) in [4.78, 5) is 20.0. The van der Waals surface area contributed by atoms with Crippen molar-refractivity contribution in [3.63, 3.8) is 0 Å². The third-order valence-electron chi connectivity index (χ3n) is 2.94. The Labute approximate surface area is 115 Å². The Kier molecular flexibility index (Phi) is 3.05. The SMILES string of the molecule is O=C(Nc1nccc(Cl)n1)C1Cc2ccccc2N1. The minimum Gasteiger partial charge on any atom is -0.373 e. The minimum absolute atomic E-state index is 0.168. The molecular formula is C13H11ClN4O. The molecule has 1 amide bonds. The summed E-state index contributed by atoms with van der Waals surface area (Å²) < 4.78 is 0. The van der Waals surface area contributed by atoms with Crippen LogP contribution in [0.2, 0.25) is 5.15 Å². The summed E-state index contributed by atoms with van der Waals surface area (Å²) in [6, 6.07) is 9.11. The van der Waals surface area contributed by atoms with E-state index in [0.717, 1.165) is 11.3 Å². The van der Waals surface area contributed by atoms with Crippen LogP contribution in [0.1, 0.15) is 5.56 Å².